The fourth-order valence-electron chi connectivity index (χ4n) is 9.35. The number of fused-ring (bicyclic) bond motifs is 4. The Morgan fingerprint density at radius 2 is 1.92 bits per heavy atom. The van der Waals surface area contributed by atoms with Crippen molar-refractivity contribution in [1.29, 1.82) is 0 Å². The van der Waals surface area contributed by atoms with E-state index in [1.54, 1.807) is 11.9 Å². The average Bonchev–Trinajstić information content (AvgIpc) is 3.47. The molecular formula is C31H47N3O4. The number of aliphatic hydroxyl groups is 1. The van der Waals surface area contributed by atoms with Gasteiger partial charge in [-0.1, -0.05) is 20.3 Å². The summed E-state index contributed by atoms with van der Waals surface area (Å²) in [6.45, 7) is 7.67. The van der Waals surface area contributed by atoms with E-state index in [9.17, 15) is 9.90 Å². The molecule has 1 aromatic carbocycles. The van der Waals surface area contributed by atoms with Gasteiger partial charge in [-0.2, -0.15) is 15.0 Å². The van der Waals surface area contributed by atoms with Crippen LogP contribution in [0.4, 0.5) is 0 Å². The molecule has 1 aromatic heterocycles. The van der Waals surface area contributed by atoms with E-state index in [-0.39, 0.29) is 35.2 Å². The lowest BCUT2D eigenvalue weighted by Gasteiger charge is -2.60. The van der Waals surface area contributed by atoms with Gasteiger partial charge in [-0.25, -0.2) is 0 Å². The lowest BCUT2D eigenvalue weighted by atomic mass is 9.45. The standard InChI is InChI=1S/C31H47N3O4/c1-6-21-7-9-23-24-10-11-26(29(36)18-34-32-27-12-8-22(38-5)17-28(27)33-34)30(24,3)15-14-25(23)31(21,19-37-4)16-13-20(2)35/h8,12,17,20-21,23-26,35H,6-7,9-11,13-16,18-19H2,1-5H3/t20?,21-,23+,24+,25+,26-,30+,31-/m1/s1. The van der Waals surface area contributed by atoms with E-state index < -0.39 is 0 Å². The van der Waals surface area contributed by atoms with Crippen LogP contribution in [0.2, 0.25) is 0 Å². The van der Waals surface area contributed by atoms with Gasteiger partial charge >= 0.3 is 0 Å². The second-order valence-corrected chi connectivity index (χ2v) is 12.8. The number of ketones is 1. The van der Waals surface area contributed by atoms with Crippen LogP contribution in [0.25, 0.3) is 11.0 Å². The summed E-state index contributed by atoms with van der Waals surface area (Å²) >= 11 is 0. The van der Waals surface area contributed by atoms with Gasteiger partial charge in [0.2, 0.25) is 0 Å². The molecule has 7 heteroatoms. The van der Waals surface area contributed by atoms with E-state index in [2.05, 4.69) is 24.0 Å². The number of benzene rings is 1. The van der Waals surface area contributed by atoms with Crippen LogP contribution in [-0.4, -0.2) is 52.8 Å². The Balaban J connectivity index is 1.36. The first-order valence-corrected chi connectivity index (χ1v) is 14.8. The second-order valence-electron chi connectivity index (χ2n) is 12.8. The molecule has 3 aliphatic carbocycles. The number of aliphatic hydroxyl groups excluding tert-OH is 1. The summed E-state index contributed by atoms with van der Waals surface area (Å²) in [4.78, 5) is 15.4. The minimum absolute atomic E-state index is 0.0379. The molecule has 5 rings (SSSR count). The number of aromatic nitrogens is 3. The number of rotatable bonds is 10. The summed E-state index contributed by atoms with van der Waals surface area (Å²) in [5.41, 5.74) is 1.71. The fourth-order valence-corrected chi connectivity index (χ4v) is 9.35. The van der Waals surface area contributed by atoms with Gasteiger partial charge in [0.1, 0.15) is 23.3 Å². The molecule has 210 valence electrons. The Morgan fingerprint density at radius 3 is 2.63 bits per heavy atom. The van der Waals surface area contributed by atoms with Gasteiger partial charge in [0.05, 0.1) is 19.8 Å². The summed E-state index contributed by atoms with van der Waals surface area (Å²) < 4.78 is 11.3. The van der Waals surface area contributed by atoms with Crippen molar-refractivity contribution in [3.8, 4) is 5.75 Å². The van der Waals surface area contributed by atoms with Crippen LogP contribution < -0.4 is 4.74 Å². The Morgan fingerprint density at radius 1 is 1.13 bits per heavy atom. The number of carbonyl (C=O) groups is 1. The van der Waals surface area contributed by atoms with Crippen LogP contribution >= 0.6 is 0 Å². The monoisotopic (exact) mass is 525 g/mol. The van der Waals surface area contributed by atoms with Gasteiger partial charge in [0.15, 0.2) is 5.78 Å². The Bertz CT molecular complexity index is 1130. The van der Waals surface area contributed by atoms with Crippen molar-refractivity contribution in [3.63, 3.8) is 0 Å². The third kappa shape index (κ3) is 4.68. The van der Waals surface area contributed by atoms with Gasteiger partial charge < -0.3 is 14.6 Å². The van der Waals surface area contributed by atoms with Crippen molar-refractivity contribution >= 4 is 16.8 Å². The van der Waals surface area contributed by atoms with Gasteiger partial charge in [-0.3, -0.25) is 4.79 Å². The fraction of sp³-hybridized carbons (Fsp3) is 0.774. The molecule has 1 unspecified atom stereocenters. The van der Waals surface area contributed by atoms with Crippen molar-refractivity contribution in [2.24, 2.45) is 40.4 Å². The number of methoxy groups -OCH3 is 2. The van der Waals surface area contributed by atoms with Gasteiger partial charge in [-0.05, 0) is 105 Å². The maximum absolute atomic E-state index is 13.8. The summed E-state index contributed by atoms with van der Waals surface area (Å²) in [7, 11) is 3.49. The zero-order valence-corrected chi connectivity index (χ0v) is 24.0. The summed E-state index contributed by atoms with van der Waals surface area (Å²) in [5, 5.41) is 19.4. The predicted molar refractivity (Wildman–Crippen MR) is 148 cm³/mol. The maximum Gasteiger partial charge on any atom is 0.159 e. The predicted octanol–water partition coefficient (Wildman–Crippen LogP) is 5.68. The largest absolute Gasteiger partial charge is 0.497 e. The molecule has 2 aromatic rings. The molecule has 0 bridgehead atoms. The molecule has 3 aliphatic rings. The van der Waals surface area contributed by atoms with Crippen LogP contribution in [0.15, 0.2) is 18.2 Å². The lowest BCUT2D eigenvalue weighted by molar-refractivity contribution is -0.145. The zero-order valence-electron chi connectivity index (χ0n) is 24.0. The maximum atomic E-state index is 13.8. The van der Waals surface area contributed by atoms with E-state index in [1.807, 2.05) is 32.2 Å². The summed E-state index contributed by atoms with van der Waals surface area (Å²) in [6.07, 6.45) is 9.62. The average molecular weight is 526 g/mol. The molecule has 3 fully saturated rings. The molecule has 0 amide bonds. The number of ether oxygens (including phenoxy) is 2. The molecular weight excluding hydrogens is 478 g/mol. The van der Waals surface area contributed by atoms with Crippen LogP contribution in [-0.2, 0) is 16.1 Å². The molecule has 1 heterocycles. The molecule has 0 saturated heterocycles. The van der Waals surface area contributed by atoms with Crippen LogP contribution in [0.5, 0.6) is 5.75 Å². The highest BCUT2D eigenvalue weighted by Gasteiger charge is 2.61. The SMILES string of the molecule is CC[C@@H]1CC[C@H]2[C@@H]3CC[C@H](C(=O)Cn4nc5ccc(OC)cc5n4)[C@@]3(C)CC[C@@H]2[C@]1(CCC(C)O)COC. The second kappa shape index (κ2) is 10.9. The Kier molecular flexibility index (Phi) is 7.89. The Labute approximate surface area is 227 Å². The number of hydrogen-bond donors (Lipinski definition) is 1. The highest BCUT2D eigenvalue weighted by molar-refractivity contribution is 5.82. The van der Waals surface area contributed by atoms with Crippen LogP contribution in [0.1, 0.15) is 78.6 Å². The van der Waals surface area contributed by atoms with Gasteiger partial charge in [-0.15, -0.1) is 0 Å². The minimum Gasteiger partial charge on any atom is -0.497 e. The molecule has 7 nitrogen and oxygen atoms in total. The van der Waals surface area contributed by atoms with Crippen molar-refractivity contribution in [2.75, 3.05) is 20.8 Å². The lowest BCUT2D eigenvalue weighted by Crippen LogP contribution is -2.55. The van der Waals surface area contributed by atoms with Gasteiger partial charge in [0, 0.05) is 19.1 Å². The van der Waals surface area contributed by atoms with E-state index in [1.165, 1.54) is 19.3 Å². The molecule has 3 saturated carbocycles. The third-order valence-corrected chi connectivity index (χ3v) is 11.1. The molecule has 1 N–H and O–H groups in total. The van der Waals surface area contributed by atoms with Gasteiger partial charge in [0.25, 0.3) is 0 Å². The quantitative estimate of drug-likeness (QED) is 0.429. The third-order valence-electron chi connectivity index (χ3n) is 11.1. The number of hydrogen-bond acceptors (Lipinski definition) is 6. The Hall–Kier alpha value is -1.99. The first-order chi connectivity index (χ1) is 18.3. The highest BCUT2D eigenvalue weighted by Crippen LogP contribution is 2.66. The zero-order chi connectivity index (χ0) is 27.1. The van der Waals surface area contributed by atoms with Crippen LogP contribution in [0.3, 0.4) is 0 Å². The molecule has 0 radical (unpaired) electrons. The van der Waals surface area contributed by atoms with E-state index in [0.29, 0.717) is 23.7 Å². The van der Waals surface area contributed by atoms with Crippen molar-refractivity contribution in [1.82, 2.24) is 15.0 Å². The normalized spacial score (nSPS) is 35.6. The molecule has 0 spiro atoms. The van der Waals surface area contributed by atoms with Crippen LogP contribution in [0, 0.1) is 40.4 Å². The van der Waals surface area contributed by atoms with Crippen molar-refractivity contribution < 1.29 is 19.4 Å². The summed E-state index contributed by atoms with van der Waals surface area (Å²) in [5.74, 6) is 3.55. The topological polar surface area (TPSA) is 86.5 Å². The first kappa shape index (κ1) is 27.6. The molecule has 38 heavy (non-hydrogen) atoms. The molecule has 0 aliphatic heterocycles. The number of nitrogens with zero attached hydrogens (tertiary/aromatic N) is 3. The smallest absolute Gasteiger partial charge is 0.159 e. The van der Waals surface area contributed by atoms with E-state index in [4.69, 9.17) is 9.47 Å². The minimum atomic E-state index is -0.280. The molecule has 8 atom stereocenters. The number of Topliss-reactive ketones (excluding diaryl/α,β-unsaturated/α-hetero) is 1. The van der Waals surface area contributed by atoms with E-state index in [0.717, 1.165) is 61.9 Å². The summed E-state index contributed by atoms with van der Waals surface area (Å²) in [6, 6.07) is 5.64. The highest BCUT2D eigenvalue weighted by atomic mass is 16.5. The van der Waals surface area contributed by atoms with Crippen molar-refractivity contribution in [2.45, 2.75) is 91.2 Å². The number of carbonyl (C=O) groups excluding carboxylic acids is 1. The van der Waals surface area contributed by atoms with Crippen molar-refractivity contribution in [3.05, 3.63) is 18.2 Å². The van der Waals surface area contributed by atoms with E-state index >= 15 is 0 Å². The first-order valence-electron chi connectivity index (χ1n) is 14.8.